The Morgan fingerprint density at radius 2 is 2.30 bits per heavy atom. The molecule has 0 aliphatic heterocycles. The maximum absolute atomic E-state index is 5.60. The van der Waals surface area contributed by atoms with Crippen LogP contribution in [0.4, 0.5) is 0 Å². The maximum Gasteiger partial charge on any atom is 0.129 e. The van der Waals surface area contributed by atoms with Crippen LogP contribution in [0.1, 0.15) is 0 Å². The highest BCUT2D eigenvalue weighted by molar-refractivity contribution is 6.29. The van der Waals surface area contributed by atoms with E-state index < -0.39 is 0 Å². The van der Waals surface area contributed by atoms with Crippen molar-refractivity contribution >= 4 is 22.6 Å². The van der Waals surface area contributed by atoms with Crippen LogP contribution >= 0.6 is 11.6 Å². The van der Waals surface area contributed by atoms with E-state index in [4.69, 9.17) is 11.6 Å². The number of imidazole rings is 1. The summed E-state index contributed by atoms with van der Waals surface area (Å²) in [5.74, 6) is 0. The molecule has 0 atom stereocenters. The number of aromatic nitrogens is 3. The zero-order valence-electron chi connectivity index (χ0n) is 4.95. The van der Waals surface area contributed by atoms with Crippen LogP contribution in [-0.4, -0.2) is 9.97 Å². The summed E-state index contributed by atoms with van der Waals surface area (Å²) in [7, 11) is 0. The first-order chi connectivity index (χ1) is 4.86. The lowest BCUT2D eigenvalue weighted by Crippen LogP contribution is -1.74. The van der Waals surface area contributed by atoms with Gasteiger partial charge in [0.25, 0.3) is 0 Å². The van der Waals surface area contributed by atoms with Crippen molar-refractivity contribution < 1.29 is 0 Å². The van der Waals surface area contributed by atoms with Crippen LogP contribution in [0, 0.1) is 0 Å². The number of hydrogen-bond donors (Lipinski definition) is 0. The first-order valence-electron chi connectivity index (χ1n) is 2.75. The van der Waals surface area contributed by atoms with E-state index in [2.05, 4.69) is 15.0 Å². The molecule has 0 aromatic carbocycles. The number of pyridine rings is 1. The number of hydrogen-bond acceptors (Lipinski definition) is 2. The molecule has 3 nitrogen and oxygen atoms in total. The van der Waals surface area contributed by atoms with Crippen LogP contribution in [0.3, 0.4) is 0 Å². The highest BCUT2D eigenvalue weighted by atomic mass is 35.5. The van der Waals surface area contributed by atoms with E-state index in [0.717, 1.165) is 11.0 Å². The Hall–Kier alpha value is -1.09. The predicted octanol–water partition coefficient (Wildman–Crippen LogP) is 1.24. The Labute approximate surface area is 62.1 Å². The fourth-order valence-corrected chi connectivity index (χ4v) is 0.921. The summed E-state index contributed by atoms with van der Waals surface area (Å²) in [6.07, 6.45) is 3.09. The lowest BCUT2D eigenvalue weighted by atomic mass is 10.4. The van der Waals surface area contributed by atoms with Gasteiger partial charge in [0.15, 0.2) is 0 Å². The zero-order valence-corrected chi connectivity index (χ0v) is 5.71. The molecule has 0 saturated heterocycles. The molecule has 2 aromatic heterocycles. The van der Waals surface area contributed by atoms with Gasteiger partial charge >= 0.3 is 0 Å². The highest BCUT2D eigenvalue weighted by Gasteiger charge is 1.88. The van der Waals surface area contributed by atoms with Crippen LogP contribution in [-0.2, 0) is 0 Å². The lowest BCUT2D eigenvalue weighted by molar-refractivity contribution is 1.32. The van der Waals surface area contributed by atoms with Crippen molar-refractivity contribution in [2.45, 2.75) is 0 Å². The molecule has 2 heterocycles. The average molecular weight is 153 g/mol. The third-order valence-corrected chi connectivity index (χ3v) is 1.43. The Morgan fingerprint density at radius 1 is 1.40 bits per heavy atom. The molecule has 0 bridgehead atoms. The van der Waals surface area contributed by atoms with Crippen LogP contribution in [0.25, 0.3) is 11.0 Å². The Balaban J connectivity index is 2.86. The first kappa shape index (κ1) is 5.68. The van der Waals surface area contributed by atoms with Crippen molar-refractivity contribution in [3.8, 4) is 0 Å². The zero-order chi connectivity index (χ0) is 6.97. The summed E-state index contributed by atoms with van der Waals surface area (Å²) < 4.78 is 0. The molecule has 2 aromatic rings. The van der Waals surface area contributed by atoms with Crippen molar-refractivity contribution in [2.24, 2.45) is 0 Å². The molecule has 0 unspecified atom stereocenters. The molecule has 0 amide bonds. The van der Waals surface area contributed by atoms with Crippen molar-refractivity contribution in [2.75, 3.05) is 0 Å². The molecule has 0 saturated carbocycles. The van der Waals surface area contributed by atoms with Gasteiger partial charge in [-0.15, -0.1) is 0 Å². The predicted molar refractivity (Wildman–Crippen MR) is 37.9 cm³/mol. The highest BCUT2D eigenvalue weighted by Crippen LogP contribution is 2.10. The molecule has 0 radical (unpaired) electrons. The van der Waals surface area contributed by atoms with Crippen molar-refractivity contribution in [1.29, 1.82) is 0 Å². The van der Waals surface area contributed by atoms with Gasteiger partial charge in [0.05, 0.1) is 0 Å². The summed E-state index contributed by atoms with van der Waals surface area (Å²) in [5.41, 5.74) is 1.57. The smallest absolute Gasteiger partial charge is 0.129 e. The van der Waals surface area contributed by atoms with E-state index in [-0.39, 0.29) is 0 Å². The molecule has 4 heteroatoms. The largest absolute Gasteiger partial charge is 0.443 e. The fourth-order valence-electron chi connectivity index (χ4n) is 0.769. The molecular weight excluding hydrogens is 150 g/mol. The van der Waals surface area contributed by atoms with E-state index in [0.29, 0.717) is 5.15 Å². The minimum atomic E-state index is 0.452. The second kappa shape index (κ2) is 1.95. The molecule has 0 spiro atoms. The standard InChI is InChI=1S/C6H3ClN3/c7-6-1-4-5(2-8-6)10-3-9-4/h1-3H/q-1. The molecular formula is C6H3ClN3-. The SMILES string of the molecule is Clc1cc2[n-]cnc2cn1. The fraction of sp³-hybridized carbons (Fsp3) is 0. The van der Waals surface area contributed by atoms with Gasteiger partial charge in [-0.1, -0.05) is 17.9 Å². The van der Waals surface area contributed by atoms with Gasteiger partial charge in [-0.25, -0.2) is 4.98 Å². The van der Waals surface area contributed by atoms with E-state index in [9.17, 15) is 0 Å². The Morgan fingerprint density at radius 3 is 3.20 bits per heavy atom. The van der Waals surface area contributed by atoms with Gasteiger partial charge in [0, 0.05) is 6.20 Å². The Kier molecular flexibility index (Phi) is 1.11. The van der Waals surface area contributed by atoms with Crippen molar-refractivity contribution in [3.63, 3.8) is 0 Å². The van der Waals surface area contributed by atoms with Gasteiger partial charge in [-0.05, 0) is 17.1 Å². The lowest BCUT2D eigenvalue weighted by Gasteiger charge is -1.92. The van der Waals surface area contributed by atoms with E-state index >= 15 is 0 Å². The quantitative estimate of drug-likeness (QED) is 0.534. The average Bonchev–Trinajstić information content (AvgIpc) is 2.33. The van der Waals surface area contributed by atoms with Gasteiger partial charge in [0.1, 0.15) is 5.15 Å². The van der Waals surface area contributed by atoms with E-state index in [1.54, 1.807) is 12.3 Å². The topological polar surface area (TPSA) is 39.9 Å². The normalized spacial score (nSPS) is 10.5. The van der Waals surface area contributed by atoms with Crippen LogP contribution in [0.5, 0.6) is 0 Å². The molecule has 2 rings (SSSR count). The second-order valence-corrected chi connectivity index (χ2v) is 2.26. The molecule has 0 N–H and O–H groups in total. The maximum atomic E-state index is 5.60. The summed E-state index contributed by atoms with van der Waals surface area (Å²) in [5, 5.41) is 0.452. The second-order valence-electron chi connectivity index (χ2n) is 1.87. The molecule has 10 heavy (non-hydrogen) atoms. The van der Waals surface area contributed by atoms with E-state index in [1.807, 2.05) is 0 Å². The monoisotopic (exact) mass is 152 g/mol. The minimum absolute atomic E-state index is 0.452. The first-order valence-corrected chi connectivity index (χ1v) is 3.13. The van der Waals surface area contributed by atoms with Crippen LogP contribution in [0.2, 0.25) is 5.15 Å². The molecule has 0 fully saturated rings. The summed E-state index contributed by atoms with van der Waals surface area (Å²) >= 11 is 5.60. The number of fused-ring (bicyclic) bond motifs is 1. The molecule has 0 aliphatic rings. The van der Waals surface area contributed by atoms with Gasteiger partial charge in [-0.3, -0.25) is 0 Å². The third-order valence-electron chi connectivity index (χ3n) is 1.22. The number of rotatable bonds is 0. The van der Waals surface area contributed by atoms with Gasteiger partial charge in [-0.2, -0.15) is 0 Å². The molecule has 0 aliphatic carbocycles. The van der Waals surface area contributed by atoms with E-state index in [1.165, 1.54) is 6.33 Å². The summed E-state index contributed by atoms with van der Waals surface area (Å²) in [6.45, 7) is 0. The van der Waals surface area contributed by atoms with Crippen LogP contribution in [0.15, 0.2) is 18.6 Å². The van der Waals surface area contributed by atoms with Gasteiger partial charge in [0.2, 0.25) is 0 Å². The minimum Gasteiger partial charge on any atom is -0.443 e. The summed E-state index contributed by atoms with van der Waals surface area (Å²) in [4.78, 5) is 11.7. The summed E-state index contributed by atoms with van der Waals surface area (Å²) in [6, 6.07) is 1.68. The number of halogens is 1. The van der Waals surface area contributed by atoms with Crippen molar-refractivity contribution in [3.05, 3.63) is 23.7 Å². The molecule has 50 valence electrons. The Bertz CT molecular complexity index is 355. The third kappa shape index (κ3) is 0.752. The van der Waals surface area contributed by atoms with Crippen LogP contribution < -0.4 is 4.98 Å². The number of nitrogens with zero attached hydrogens (tertiary/aromatic N) is 3. The van der Waals surface area contributed by atoms with Crippen molar-refractivity contribution in [1.82, 2.24) is 15.0 Å². The van der Waals surface area contributed by atoms with Gasteiger partial charge < -0.3 is 9.97 Å².